The average molecular weight is 430 g/mol. The van der Waals surface area contributed by atoms with E-state index >= 15 is 0 Å². The van der Waals surface area contributed by atoms with Gasteiger partial charge in [0.25, 0.3) is 0 Å². The van der Waals surface area contributed by atoms with Crippen molar-refractivity contribution < 1.29 is 38.3 Å². The molecule has 84 valence electrons. The number of hydrogen-bond acceptors (Lipinski definition) is 3. The molecule has 16 heavy (non-hydrogen) atoms. The number of phenols is 1. The van der Waals surface area contributed by atoms with Crippen LogP contribution in [0.15, 0.2) is 18.2 Å². The Kier molecular flexibility index (Phi) is 4.58. The summed E-state index contributed by atoms with van der Waals surface area (Å²) >= 11 is -1.70. The molecule has 0 saturated heterocycles. The summed E-state index contributed by atoms with van der Waals surface area (Å²) in [4.78, 5) is 10.9. The van der Waals surface area contributed by atoms with Crippen molar-refractivity contribution >= 4 is 17.3 Å². The van der Waals surface area contributed by atoms with Crippen LogP contribution < -0.4 is 8.81 Å². The number of halogens is 1. The van der Waals surface area contributed by atoms with Gasteiger partial charge in [-0.3, -0.25) is 0 Å². The van der Waals surface area contributed by atoms with Crippen molar-refractivity contribution in [3.63, 3.8) is 0 Å². The molecule has 0 aliphatic carbocycles. The number of benzene rings is 1. The molecule has 0 aliphatic rings. The first-order chi connectivity index (χ1) is 7.36. The molecule has 0 amide bonds. The molecule has 0 radical (unpaired) electrons. The van der Waals surface area contributed by atoms with Gasteiger partial charge in [-0.15, -0.1) is 0 Å². The summed E-state index contributed by atoms with van der Waals surface area (Å²) < 4.78 is 0.792. The first kappa shape index (κ1) is 13.7. The molecule has 0 fully saturated rings. The quantitative estimate of drug-likeness (QED) is 0.612. The van der Waals surface area contributed by atoms with Crippen molar-refractivity contribution in [2.45, 2.75) is 18.9 Å². The second kappa shape index (κ2) is 5.34. The Morgan fingerprint density at radius 1 is 1.62 bits per heavy atom. The Hall–Kier alpha value is -0.325. The number of phenolic OH excluding ortho intramolecular Hbond substituents is 1. The van der Waals surface area contributed by atoms with Gasteiger partial charge < -0.3 is 0 Å². The van der Waals surface area contributed by atoms with Crippen molar-refractivity contribution in [1.82, 2.24) is 0 Å². The fourth-order valence-electron chi connectivity index (χ4n) is 1.36. The fourth-order valence-corrected chi connectivity index (χ4v) is 5.54. The number of hydrogen-bond donors (Lipinski definition) is 3. The number of carboxylic acid groups (broad SMARTS) is 1. The van der Waals surface area contributed by atoms with Gasteiger partial charge in [-0.25, -0.2) is 0 Å². The molecule has 0 unspecified atom stereocenters. The van der Waals surface area contributed by atoms with Gasteiger partial charge in [0.1, 0.15) is 0 Å². The van der Waals surface area contributed by atoms with Gasteiger partial charge in [-0.05, 0) is 0 Å². The Balaban J connectivity index is 2.94. The van der Waals surface area contributed by atoms with Crippen LogP contribution in [0, 0.1) is 0 Å². The number of rotatable bonds is 4. The van der Waals surface area contributed by atoms with E-state index in [9.17, 15) is 9.90 Å². The van der Waals surface area contributed by atoms with E-state index in [0.717, 1.165) is 8.64 Å². The molecule has 1 aromatic carbocycles. The first-order valence-electron chi connectivity index (χ1n) is 4.76. The first-order valence-corrected chi connectivity index (χ1v) is 14.3. The van der Waals surface area contributed by atoms with Gasteiger partial charge in [0.15, 0.2) is 0 Å². The van der Waals surface area contributed by atoms with Crippen molar-refractivity contribution in [3.05, 3.63) is 23.8 Å². The molecule has 1 atom stereocenters. The van der Waals surface area contributed by atoms with E-state index in [4.69, 9.17) is 19.1 Å². The van der Waals surface area contributed by atoms with Gasteiger partial charge in [-0.2, -0.15) is 0 Å². The average Bonchev–Trinajstić information content (AvgIpc) is 2.20. The van der Waals surface area contributed by atoms with Crippen LogP contribution in [0.2, 0.25) is 0 Å². The standard InChI is InChI=1S/C10H12NO3.ClH.Hg/c1-10(11,9(13)14)6-7-2-4-8(12)5-3-7;;/h2-4,12H,6,11H2,1H3,(H,13,14);1H;/q;;+1/p-1/t10-;;/m0../s1. The number of carboxylic acids is 1. The zero-order valence-electron chi connectivity index (χ0n) is 8.90. The van der Waals surface area contributed by atoms with Gasteiger partial charge in [0.2, 0.25) is 0 Å². The summed E-state index contributed by atoms with van der Waals surface area (Å²) in [6.45, 7) is 1.47. The zero-order valence-corrected chi connectivity index (χ0v) is 15.2. The van der Waals surface area contributed by atoms with Crippen molar-refractivity contribution in [3.8, 4) is 5.75 Å². The molecule has 1 rings (SSSR count). The monoisotopic (exact) mass is 431 g/mol. The van der Waals surface area contributed by atoms with Crippen LogP contribution in [-0.2, 0) is 34.6 Å². The van der Waals surface area contributed by atoms with Gasteiger partial charge in [-0.1, -0.05) is 0 Å². The maximum absolute atomic E-state index is 10.9. The Bertz CT molecular complexity index is 409. The summed E-state index contributed by atoms with van der Waals surface area (Å²) in [5.41, 5.74) is 5.14. The Labute approximate surface area is 109 Å². The van der Waals surface area contributed by atoms with Crippen molar-refractivity contribution in [2.75, 3.05) is 0 Å². The summed E-state index contributed by atoms with van der Waals surface area (Å²) in [7, 11) is 5.85. The minimum absolute atomic E-state index is 0.203. The van der Waals surface area contributed by atoms with E-state index in [-0.39, 0.29) is 12.2 Å². The predicted octanol–water partition coefficient (Wildman–Crippen LogP) is 0.598. The molecule has 0 aliphatic heterocycles. The van der Waals surface area contributed by atoms with Crippen LogP contribution in [0.25, 0.3) is 0 Å². The third kappa shape index (κ3) is 3.33. The van der Waals surface area contributed by atoms with Crippen molar-refractivity contribution in [1.29, 1.82) is 0 Å². The third-order valence-corrected chi connectivity index (χ3v) is 8.20. The minimum atomic E-state index is -1.70. The summed E-state index contributed by atoms with van der Waals surface area (Å²) in [5.74, 6) is -0.841. The predicted molar refractivity (Wildman–Crippen MR) is 57.5 cm³/mol. The fraction of sp³-hybridized carbons (Fsp3) is 0.300. The molecule has 4 N–H and O–H groups in total. The zero-order chi connectivity index (χ0) is 12.3. The number of aromatic hydroxyl groups is 1. The number of aliphatic carboxylic acids is 1. The molecular weight excluding hydrogens is 418 g/mol. The molecule has 1 aromatic rings. The van der Waals surface area contributed by atoms with E-state index in [0.29, 0.717) is 0 Å². The van der Waals surface area contributed by atoms with E-state index in [1.165, 1.54) is 6.92 Å². The Morgan fingerprint density at radius 3 is 2.75 bits per heavy atom. The van der Waals surface area contributed by atoms with Crippen LogP contribution in [0.5, 0.6) is 5.75 Å². The molecule has 0 saturated carbocycles. The third-order valence-electron chi connectivity index (χ3n) is 2.35. The van der Waals surface area contributed by atoms with Crippen molar-refractivity contribution in [2.24, 2.45) is 5.73 Å². The second-order valence-corrected chi connectivity index (χ2v) is 10.3. The number of carbonyl (C=O) groups is 1. The van der Waals surface area contributed by atoms with Crippen LogP contribution in [0.4, 0.5) is 0 Å². The van der Waals surface area contributed by atoms with Gasteiger partial charge in [0, 0.05) is 0 Å². The van der Waals surface area contributed by atoms with E-state index in [1.54, 1.807) is 18.2 Å². The van der Waals surface area contributed by atoms with Gasteiger partial charge in [0.05, 0.1) is 0 Å². The Morgan fingerprint density at radius 2 is 2.25 bits per heavy atom. The molecular formula is C10H12ClHgNO3. The summed E-state index contributed by atoms with van der Waals surface area (Å²) in [6.07, 6.45) is 0.223. The van der Waals surface area contributed by atoms with E-state index in [1.807, 2.05) is 0 Å². The van der Waals surface area contributed by atoms with Crippen LogP contribution in [-0.4, -0.2) is 21.7 Å². The normalized spacial score (nSPS) is 13.9. The van der Waals surface area contributed by atoms with Crippen LogP contribution >= 0.6 is 8.25 Å². The molecule has 0 heterocycles. The molecule has 4 nitrogen and oxygen atoms in total. The van der Waals surface area contributed by atoms with Crippen LogP contribution in [0.3, 0.4) is 0 Å². The van der Waals surface area contributed by atoms with E-state index in [2.05, 4.69) is 0 Å². The molecule has 0 bridgehead atoms. The van der Waals surface area contributed by atoms with Crippen LogP contribution in [0.1, 0.15) is 12.5 Å². The summed E-state index contributed by atoms with van der Waals surface area (Å²) in [6, 6.07) is 4.98. The molecule has 0 spiro atoms. The SMILES string of the molecule is C[C@](N)(Cc1ccc(O)[c]([Hg][Cl])c1)C(=O)O. The second-order valence-electron chi connectivity index (χ2n) is 4.00. The number of nitrogens with two attached hydrogens (primary N) is 1. The van der Waals surface area contributed by atoms with E-state index < -0.39 is 34.8 Å². The maximum atomic E-state index is 10.9. The summed E-state index contributed by atoms with van der Waals surface area (Å²) in [5, 5.41) is 18.4. The molecule has 0 aromatic heterocycles. The van der Waals surface area contributed by atoms with Gasteiger partial charge >= 0.3 is 110 Å². The topological polar surface area (TPSA) is 83.5 Å². The molecule has 6 heteroatoms.